The van der Waals surface area contributed by atoms with Crippen molar-refractivity contribution in [2.75, 3.05) is 0 Å². The molecule has 0 aliphatic carbocycles. The van der Waals surface area contributed by atoms with Gasteiger partial charge in [-0.15, -0.1) is 0 Å². The lowest BCUT2D eigenvalue weighted by atomic mass is 10.1. The lowest BCUT2D eigenvalue weighted by molar-refractivity contribution is 0.104. The summed E-state index contributed by atoms with van der Waals surface area (Å²) in [7, 11) is 0. The average Bonchev–Trinajstić information content (AvgIpc) is 3.09. The van der Waals surface area contributed by atoms with Crippen molar-refractivity contribution < 1.29 is 4.79 Å². The minimum atomic E-state index is -0.0474. The van der Waals surface area contributed by atoms with E-state index in [0.717, 1.165) is 22.4 Å². The molecule has 0 spiro atoms. The van der Waals surface area contributed by atoms with E-state index in [9.17, 15) is 4.79 Å². The molecule has 4 heteroatoms. The van der Waals surface area contributed by atoms with Gasteiger partial charge in [0, 0.05) is 22.9 Å². The number of hydrogen-bond acceptors (Lipinski definition) is 3. The second-order valence-electron chi connectivity index (χ2n) is 6.03. The van der Waals surface area contributed by atoms with Crippen LogP contribution in [0.2, 0.25) is 0 Å². The zero-order valence-corrected chi connectivity index (χ0v) is 14.6. The van der Waals surface area contributed by atoms with Crippen LogP contribution in [-0.2, 0) is 6.54 Å². The fraction of sp³-hybridized carbons (Fsp3) is 0.136. The van der Waals surface area contributed by atoms with Gasteiger partial charge in [0.25, 0.3) is 0 Å². The summed E-state index contributed by atoms with van der Waals surface area (Å²) >= 11 is 0. The predicted octanol–water partition coefficient (Wildman–Crippen LogP) is 4.67. The summed E-state index contributed by atoms with van der Waals surface area (Å²) in [6, 6.07) is 19.5. The number of carbonyl (C=O) groups excluding carboxylic acids is 1. The highest BCUT2D eigenvalue weighted by Crippen LogP contribution is 2.23. The number of allylic oxidation sites excluding steroid dienone is 1. The van der Waals surface area contributed by atoms with Crippen molar-refractivity contribution in [3.63, 3.8) is 0 Å². The molecule has 0 fully saturated rings. The Bertz CT molecular complexity index is 961. The van der Waals surface area contributed by atoms with Crippen LogP contribution in [0, 0.1) is 18.3 Å². The lowest BCUT2D eigenvalue weighted by Crippen LogP contribution is -1.97. The molecule has 0 unspecified atom stereocenters. The number of aromatic nitrogens is 2. The number of rotatable bonds is 6. The van der Waals surface area contributed by atoms with Gasteiger partial charge in [-0.1, -0.05) is 60.2 Å². The molecule has 0 bridgehead atoms. The Morgan fingerprint density at radius 1 is 1.15 bits per heavy atom. The normalized spacial score (nSPS) is 10.8. The van der Waals surface area contributed by atoms with Gasteiger partial charge in [-0.05, 0) is 19.1 Å². The maximum Gasteiger partial charge on any atom is 0.185 e. The fourth-order valence-electron chi connectivity index (χ4n) is 2.64. The van der Waals surface area contributed by atoms with Crippen LogP contribution in [0.3, 0.4) is 0 Å². The number of aryl methyl sites for hydroxylation is 2. The minimum Gasteiger partial charge on any atom is -0.289 e. The molecular weight excluding hydrogens is 322 g/mol. The molecule has 128 valence electrons. The van der Waals surface area contributed by atoms with E-state index in [1.807, 2.05) is 67.7 Å². The van der Waals surface area contributed by atoms with Gasteiger partial charge in [0.05, 0.1) is 24.7 Å². The molecular formula is C22H19N3O. The van der Waals surface area contributed by atoms with Gasteiger partial charge in [0.2, 0.25) is 0 Å². The van der Waals surface area contributed by atoms with Gasteiger partial charge < -0.3 is 0 Å². The molecule has 4 nitrogen and oxygen atoms in total. The van der Waals surface area contributed by atoms with Crippen LogP contribution in [0.4, 0.5) is 0 Å². The van der Waals surface area contributed by atoms with Crippen LogP contribution in [-0.4, -0.2) is 15.6 Å². The van der Waals surface area contributed by atoms with Gasteiger partial charge in [-0.2, -0.15) is 10.4 Å². The summed E-state index contributed by atoms with van der Waals surface area (Å²) in [5.74, 6) is -0.0474. The van der Waals surface area contributed by atoms with Crippen molar-refractivity contribution in [2.45, 2.75) is 19.9 Å². The third kappa shape index (κ3) is 4.14. The average molecular weight is 341 g/mol. The number of carbonyl (C=O) groups is 1. The van der Waals surface area contributed by atoms with Crippen molar-refractivity contribution in [1.82, 2.24) is 9.78 Å². The van der Waals surface area contributed by atoms with E-state index in [2.05, 4.69) is 11.2 Å². The molecule has 0 N–H and O–H groups in total. The van der Waals surface area contributed by atoms with E-state index in [1.165, 1.54) is 0 Å². The predicted molar refractivity (Wildman–Crippen MR) is 102 cm³/mol. The second kappa shape index (κ2) is 8.09. The summed E-state index contributed by atoms with van der Waals surface area (Å²) in [5.41, 5.74) is 4.41. The minimum absolute atomic E-state index is 0.0474. The van der Waals surface area contributed by atoms with Crippen molar-refractivity contribution in [2.24, 2.45) is 0 Å². The summed E-state index contributed by atoms with van der Waals surface area (Å²) in [5, 5.41) is 13.4. The molecule has 0 saturated carbocycles. The number of benzene rings is 2. The number of hydrogen-bond donors (Lipinski definition) is 0. The fourth-order valence-corrected chi connectivity index (χ4v) is 2.64. The standard InChI is InChI=1S/C22H19N3O/c1-17-8-10-18(11-9-17)21(26)13-12-20-16-25(15-5-14-23)24-22(20)19-6-3-2-4-7-19/h2-4,6-13,16H,5,15H2,1H3/b13-12+. The molecule has 0 radical (unpaired) electrons. The van der Waals surface area contributed by atoms with Crippen LogP contribution in [0.1, 0.15) is 27.9 Å². The highest BCUT2D eigenvalue weighted by Gasteiger charge is 2.10. The van der Waals surface area contributed by atoms with E-state index in [-0.39, 0.29) is 5.78 Å². The third-order valence-corrected chi connectivity index (χ3v) is 4.04. The number of nitriles is 1. The van der Waals surface area contributed by atoms with Gasteiger partial charge in [-0.3, -0.25) is 9.48 Å². The molecule has 0 saturated heterocycles. The quantitative estimate of drug-likeness (QED) is 0.483. The lowest BCUT2D eigenvalue weighted by Gasteiger charge is -1.99. The maximum atomic E-state index is 12.4. The molecule has 1 heterocycles. The van der Waals surface area contributed by atoms with Crippen LogP contribution in [0.25, 0.3) is 17.3 Å². The summed E-state index contributed by atoms with van der Waals surface area (Å²) < 4.78 is 1.75. The van der Waals surface area contributed by atoms with Crippen molar-refractivity contribution >= 4 is 11.9 Å². The van der Waals surface area contributed by atoms with Gasteiger partial charge in [-0.25, -0.2) is 0 Å². The Labute approximate surface area is 153 Å². The van der Waals surface area contributed by atoms with Crippen molar-refractivity contribution in [3.8, 4) is 17.3 Å². The van der Waals surface area contributed by atoms with Crippen LogP contribution < -0.4 is 0 Å². The van der Waals surface area contributed by atoms with Crippen molar-refractivity contribution in [3.05, 3.63) is 83.6 Å². The number of ketones is 1. The maximum absolute atomic E-state index is 12.4. The van der Waals surface area contributed by atoms with Crippen LogP contribution in [0.15, 0.2) is 66.9 Å². The highest BCUT2D eigenvalue weighted by molar-refractivity contribution is 6.07. The molecule has 2 aromatic carbocycles. The first-order valence-electron chi connectivity index (χ1n) is 8.46. The molecule has 0 aliphatic rings. The molecule has 1 aromatic heterocycles. The molecule has 3 aromatic rings. The smallest absolute Gasteiger partial charge is 0.185 e. The molecule has 0 atom stereocenters. The first-order valence-corrected chi connectivity index (χ1v) is 8.46. The summed E-state index contributed by atoms with van der Waals surface area (Å²) in [6.45, 7) is 2.52. The van der Waals surface area contributed by atoms with Gasteiger partial charge in [0.15, 0.2) is 5.78 Å². The molecule has 0 amide bonds. The molecule has 0 aliphatic heterocycles. The Balaban J connectivity index is 1.90. The van der Waals surface area contributed by atoms with E-state index in [1.54, 1.807) is 16.8 Å². The van der Waals surface area contributed by atoms with Crippen LogP contribution >= 0.6 is 0 Å². The van der Waals surface area contributed by atoms with E-state index in [0.29, 0.717) is 18.5 Å². The zero-order valence-electron chi connectivity index (χ0n) is 14.6. The summed E-state index contributed by atoms with van der Waals surface area (Å²) in [4.78, 5) is 12.4. The Morgan fingerprint density at radius 3 is 2.58 bits per heavy atom. The highest BCUT2D eigenvalue weighted by atomic mass is 16.1. The first-order chi connectivity index (χ1) is 12.7. The molecule has 26 heavy (non-hydrogen) atoms. The van der Waals surface area contributed by atoms with E-state index in [4.69, 9.17) is 5.26 Å². The SMILES string of the molecule is Cc1ccc(C(=O)/C=C/c2cn(CCC#N)nc2-c2ccccc2)cc1. The van der Waals surface area contributed by atoms with Gasteiger partial charge in [0.1, 0.15) is 0 Å². The first kappa shape index (κ1) is 17.4. The Kier molecular flexibility index (Phi) is 5.40. The summed E-state index contributed by atoms with van der Waals surface area (Å²) in [6.07, 6.45) is 5.63. The third-order valence-electron chi connectivity index (χ3n) is 4.04. The number of nitrogens with zero attached hydrogens (tertiary/aromatic N) is 3. The van der Waals surface area contributed by atoms with Gasteiger partial charge >= 0.3 is 0 Å². The Hall–Kier alpha value is -3.45. The van der Waals surface area contributed by atoms with E-state index >= 15 is 0 Å². The molecule has 3 rings (SSSR count). The van der Waals surface area contributed by atoms with Crippen molar-refractivity contribution in [1.29, 1.82) is 5.26 Å². The monoisotopic (exact) mass is 341 g/mol. The van der Waals surface area contributed by atoms with E-state index < -0.39 is 0 Å². The Morgan fingerprint density at radius 2 is 1.88 bits per heavy atom. The zero-order chi connectivity index (χ0) is 18.4. The topological polar surface area (TPSA) is 58.7 Å². The second-order valence-corrected chi connectivity index (χ2v) is 6.03. The van der Waals surface area contributed by atoms with Crippen LogP contribution in [0.5, 0.6) is 0 Å². The largest absolute Gasteiger partial charge is 0.289 e.